The zero-order valence-electron chi connectivity index (χ0n) is 9.49. The van der Waals surface area contributed by atoms with E-state index < -0.39 is 11.4 Å². The van der Waals surface area contributed by atoms with E-state index in [1.165, 1.54) is 18.5 Å². The van der Waals surface area contributed by atoms with E-state index in [9.17, 15) is 14.3 Å². The molecule has 15 heavy (non-hydrogen) atoms. The Labute approximate surface area is 88.7 Å². The van der Waals surface area contributed by atoms with Crippen molar-refractivity contribution in [2.24, 2.45) is 0 Å². The summed E-state index contributed by atoms with van der Waals surface area (Å²) < 4.78 is 13.6. The lowest BCUT2D eigenvalue weighted by Gasteiger charge is -2.19. The first-order chi connectivity index (χ1) is 6.92. The topological polar surface area (TPSA) is 55.1 Å². The molecule has 5 heteroatoms. The van der Waals surface area contributed by atoms with Gasteiger partial charge in [-0.3, -0.25) is 9.48 Å². The number of nitrogens with zero attached hydrogens (tertiary/aromatic N) is 2. The Morgan fingerprint density at radius 1 is 1.67 bits per heavy atom. The third-order valence-corrected chi connectivity index (χ3v) is 1.83. The minimum absolute atomic E-state index is 0.0355. The Bertz CT molecular complexity index is 321. The molecule has 1 aromatic rings. The van der Waals surface area contributed by atoms with Crippen molar-refractivity contribution < 1.29 is 14.3 Å². The van der Waals surface area contributed by atoms with Crippen molar-refractivity contribution in [2.45, 2.75) is 39.8 Å². The Balaban J connectivity index is 0.000000921. The molecule has 0 saturated carbocycles. The van der Waals surface area contributed by atoms with Gasteiger partial charge in [-0.05, 0) is 13.8 Å². The number of carbonyl (C=O) groups is 1. The number of aromatic nitrogens is 2. The molecule has 0 spiro atoms. The van der Waals surface area contributed by atoms with Crippen LogP contribution in [0.4, 0.5) is 4.39 Å². The number of ketones is 1. The molecule has 0 radical (unpaired) electrons. The zero-order chi connectivity index (χ0) is 12.1. The summed E-state index contributed by atoms with van der Waals surface area (Å²) in [6.07, 6.45) is 2.15. The van der Waals surface area contributed by atoms with E-state index in [2.05, 4.69) is 5.10 Å². The summed E-state index contributed by atoms with van der Waals surface area (Å²) >= 11 is 0. The largest absolute Gasteiger partial charge is 0.380 e. The number of rotatable bonds is 3. The molecule has 0 aliphatic heterocycles. The number of hydrogen-bond acceptors (Lipinski definition) is 3. The molecule has 1 N–H and O–H groups in total. The van der Waals surface area contributed by atoms with Crippen molar-refractivity contribution in [3.8, 4) is 0 Å². The van der Waals surface area contributed by atoms with Crippen LogP contribution in [-0.2, 0) is 11.3 Å². The van der Waals surface area contributed by atoms with Gasteiger partial charge in [-0.2, -0.15) is 5.10 Å². The molecule has 4 nitrogen and oxygen atoms in total. The molecule has 0 aromatic carbocycles. The predicted molar refractivity (Wildman–Crippen MR) is 54.8 cm³/mol. The number of aliphatic hydroxyl groups is 1. The molecule has 0 saturated heterocycles. The average Bonchev–Trinajstić information content (AvgIpc) is 2.53. The second-order valence-electron chi connectivity index (χ2n) is 3.19. The lowest BCUT2D eigenvalue weighted by atomic mass is 10.0. The standard InChI is InChI=1S/C8H11FN2O2.C2H6/c1-6(12)8(2,13)5-11-4-7(9)3-10-11;1-2/h3-4,13H,5H2,1-2H3;1-2H3/t8-;/m0./s1. The minimum Gasteiger partial charge on any atom is -0.380 e. The van der Waals surface area contributed by atoms with Gasteiger partial charge in [0.1, 0.15) is 5.60 Å². The summed E-state index contributed by atoms with van der Waals surface area (Å²) in [7, 11) is 0. The fraction of sp³-hybridized carbons (Fsp3) is 0.600. The van der Waals surface area contributed by atoms with Crippen LogP contribution in [0, 0.1) is 5.82 Å². The highest BCUT2D eigenvalue weighted by molar-refractivity contribution is 5.83. The van der Waals surface area contributed by atoms with Gasteiger partial charge in [-0.1, -0.05) is 13.8 Å². The lowest BCUT2D eigenvalue weighted by molar-refractivity contribution is -0.134. The Morgan fingerprint density at radius 3 is 2.53 bits per heavy atom. The smallest absolute Gasteiger partial charge is 0.162 e. The van der Waals surface area contributed by atoms with E-state index in [4.69, 9.17) is 0 Å². The maximum Gasteiger partial charge on any atom is 0.162 e. The minimum atomic E-state index is -1.49. The van der Waals surface area contributed by atoms with Crippen molar-refractivity contribution in [3.05, 3.63) is 18.2 Å². The van der Waals surface area contributed by atoms with Gasteiger partial charge in [0.25, 0.3) is 0 Å². The fourth-order valence-electron chi connectivity index (χ4n) is 0.852. The molecule has 86 valence electrons. The molecule has 1 rings (SSSR count). The first-order valence-electron chi connectivity index (χ1n) is 4.83. The van der Waals surface area contributed by atoms with Crippen molar-refractivity contribution in [1.82, 2.24) is 9.78 Å². The highest BCUT2D eigenvalue weighted by atomic mass is 19.1. The van der Waals surface area contributed by atoms with Crippen LogP contribution in [0.25, 0.3) is 0 Å². The van der Waals surface area contributed by atoms with Gasteiger partial charge in [-0.25, -0.2) is 4.39 Å². The molecule has 0 aliphatic carbocycles. The molecular weight excluding hydrogens is 199 g/mol. The first kappa shape index (κ1) is 13.8. The van der Waals surface area contributed by atoms with Crippen LogP contribution in [0.1, 0.15) is 27.7 Å². The van der Waals surface area contributed by atoms with Crippen LogP contribution in [0.5, 0.6) is 0 Å². The van der Waals surface area contributed by atoms with Gasteiger partial charge in [-0.15, -0.1) is 0 Å². The molecule has 0 amide bonds. The van der Waals surface area contributed by atoms with Crippen LogP contribution in [-0.4, -0.2) is 26.3 Å². The second kappa shape index (κ2) is 5.60. The van der Waals surface area contributed by atoms with Crippen LogP contribution < -0.4 is 0 Å². The Kier molecular flexibility index (Phi) is 5.14. The van der Waals surface area contributed by atoms with E-state index in [0.29, 0.717) is 0 Å². The second-order valence-corrected chi connectivity index (χ2v) is 3.19. The van der Waals surface area contributed by atoms with Crippen molar-refractivity contribution >= 4 is 5.78 Å². The van der Waals surface area contributed by atoms with Crippen LogP contribution in [0.2, 0.25) is 0 Å². The monoisotopic (exact) mass is 216 g/mol. The van der Waals surface area contributed by atoms with Gasteiger partial charge in [0.05, 0.1) is 18.9 Å². The summed E-state index contributed by atoms with van der Waals surface area (Å²) in [4.78, 5) is 10.9. The third-order valence-electron chi connectivity index (χ3n) is 1.83. The van der Waals surface area contributed by atoms with Gasteiger partial charge >= 0.3 is 0 Å². The first-order valence-corrected chi connectivity index (χ1v) is 4.83. The number of hydrogen-bond donors (Lipinski definition) is 1. The van der Waals surface area contributed by atoms with Crippen molar-refractivity contribution in [2.75, 3.05) is 0 Å². The molecule has 0 unspecified atom stereocenters. The zero-order valence-corrected chi connectivity index (χ0v) is 9.49. The van der Waals surface area contributed by atoms with Gasteiger partial charge in [0.15, 0.2) is 11.6 Å². The van der Waals surface area contributed by atoms with E-state index in [-0.39, 0.29) is 12.3 Å². The van der Waals surface area contributed by atoms with Crippen LogP contribution in [0.3, 0.4) is 0 Å². The lowest BCUT2D eigenvalue weighted by Crippen LogP contribution is -2.38. The summed E-state index contributed by atoms with van der Waals surface area (Å²) in [6.45, 7) is 6.61. The van der Waals surface area contributed by atoms with Gasteiger partial charge in [0.2, 0.25) is 0 Å². The summed E-state index contributed by atoms with van der Waals surface area (Å²) in [5, 5.41) is 13.1. The molecular formula is C10H17FN2O2. The highest BCUT2D eigenvalue weighted by Gasteiger charge is 2.27. The molecule has 0 fully saturated rings. The van der Waals surface area contributed by atoms with E-state index in [1.807, 2.05) is 13.8 Å². The number of Topliss-reactive ketones (excluding diaryl/α,β-unsaturated/α-hetero) is 1. The molecule has 1 atom stereocenters. The van der Waals surface area contributed by atoms with Crippen LogP contribution in [0.15, 0.2) is 12.4 Å². The van der Waals surface area contributed by atoms with E-state index in [0.717, 1.165) is 12.4 Å². The average molecular weight is 216 g/mol. The van der Waals surface area contributed by atoms with E-state index in [1.54, 1.807) is 0 Å². The normalized spacial score (nSPS) is 13.7. The summed E-state index contributed by atoms with van der Waals surface area (Å²) in [6, 6.07) is 0. The van der Waals surface area contributed by atoms with Crippen molar-refractivity contribution in [1.29, 1.82) is 0 Å². The SMILES string of the molecule is CC.CC(=O)[C@@](C)(O)Cn1cc(F)cn1. The maximum atomic E-state index is 12.5. The fourth-order valence-corrected chi connectivity index (χ4v) is 0.852. The Hall–Kier alpha value is -1.23. The van der Waals surface area contributed by atoms with Crippen molar-refractivity contribution in [3.63, 3.8) is 0 Å². The summed E-state index contributed by atoms with van der Waals surface area (Å²) in [5.41, 5.74) is -1.49. The molecule has 1 heterocycles. The summed E-state index contributed by atoms with van der Waals surface area (Å²) in [5.74, 6) is -0.859. The third kappa shape index (κ3) is 4.20. The molecule has 0 aliphatic rings. The van der Waals surface area contributed by atoms with Crippen LogP contribution >= 0.6 is 0 Å². The van der Waals surface area contributed by atoms with Gasteiger partial charge < -0.3 is 5.11 Å². The Morgan fingerprint density at radius 2 is 2.20 bits per heavy atom. The number of carbonyl (C=O) groups excluding carboxylic acids is 1. The van der Waals surface area contributed by atoms with Gasteiger partial charge in [0, 0.05) is 0 Å². The van der Waals surface area contributed by atoms with E-state index >= 15 is 0 Å². The molecule has 1 aromatic heterocycles. The predicted octanol–water partition coefficient (Wildman–Crippen LogP) is 1.39. The maximum absolute atomic E-state index is 12.5. The quantitative estimate of drug-likeness (QED) is 0.830. The molecule has 0 bridgehead atoms. The number of halogens is 1. The highest BCUT2D eigenvalue weighted by Crippen LogP contribution is 2.08.